The minimum Gasteiger partial charge on any atom is -0.307 e. The first kappa shape index (κ1) is 17.8. The smallest absolute Gasteiger partial charge is 0.0468 e. The predicted molar refractivity (Wildman–Crippen MR) is 103 cm³/mol. The first-order chi connectivity index (χ1) is 11.6. The van der Waals surface area contributed by atoms with E-state index in [4.69, 9.17) is 23.2 Å². The Balaban J connectivity index is 1.50. The number of likely N-dealkylation sites (tertiary alicyclic amines) is 1. The Kier molecular flexibility index (Phi) is 6.18. The number of benzene rings is 2. The van der Waals surface area contributed by atoms with Crippen molar-refractivity contribution >= 4 is 23.2 Å². The largest absolute Gasteiger partial charge is 0.307 e. The number of piperidine rings is 1. The van der Waals surface area contributed by atoms with Crippen LogP contribution in [-0.2, 0) is 6.54 Å². The molecule has 128 valence electrons. The lowest BCUT2D eigenvalue weighted by Gasteiger charge is -2.34. The maximum absolute atomic E-state index is 6.32. The van der Waals surface area contributed by atoms with Crippen molar-refractivity contribution in [1.82, 2.24) is 10.2 Å². The Morgan fingerprint density at radius 1 is 1.08 bits per heavy atom. The fraction of sp³-hybridized carbons (Fsp3) is 0.400. The van der Waals surface area contributed by atoms with E-state index in [9.17, 15) is 0 Å². The van der Waals surface area contributed by atoms with Crippen LogP contribution in [0.4, 0.5) is 0 Å². The van der Waals surface area contributed by atoms with Gasteiger partial charge in [-0.25, -0.2) is 0 Å². The summed E-state index contributed by atoms with van der Waals surface area (Å²) in [6.45, 7) is 5.48. The molecule has 3 rings (SSSR count). The van der Waals surface area contributed by atoms with Gasteiger partial charge in [0.2, 0.25) is 0 Å². The molecule has 24 heavy (non-hydrogen) atoms. The molecule has 0 bridgehead atoms. The minimum absolute atomic E-state index is 0.237. The number of halogens is 2. The minimum atomic E-state index is 0.237. The highest BCUT2D eigenvalue weighted by molar-refractivity contribution is 6.35. The Morgan fingerprint density at radius 3 is 2.46 bits per heavy atom. The number of rotatable bonds is 5. The van der Waals surface area contributed by atoms with Crippen molar-refractivity contribution in [3.8, 4) is 0 Å². The van der Waals surface area contributed by atoms with Crippen molar-refractivity contribution in [2.24, 2.45) is 0 Å². The lowest BCUT2D eigenvalue weighted by Crippen LogP contribution is -2.42. The Bertz CT molecular complexity index is 652. The van der Waals surface area contributed by atoms with Crippen LogP contribution in [0.2, 0.25) is 10.0 Å². The summed E-state index contributed by atoms with van der Waals surface area (Å²) in [5.74, 6) is 0. The molecule has 1 saturated heterocycles. The van der Waals surface area contributed by atoms with Crippen molar-refractivity contribution in [2.75, 3.05) is 13.1 Å². The van der Waals surface area contributed by atoms with Gasteiger partial charge in [-0.1, -0.05) is 59.6 Å². The van der Waals surface area contributed by atoms with E-state index in [1.165, 1.54) is 18.4 Å². The van der Waals surface area contributed by atoms with Gasteiger partial charge in [0.25, 0.3) is 0 Å². The Labute approximate surface area is 154 Å². The van der Waals surface area contributed by atoms with E-state index in [1.54, 1.807) is 0 Å². The monoisotopic (exact) mass is 362 g/mol. The molecule has 0 amide bonds. The molecule has 1 N–H and O–H groups in total. The van der Waals surface area contributed by atoms with Crippen LogP contribution < -0.4 is 5.32 Å². The molecule has 4 heteroatoms. The molecule has 0 aliphatic carbocycles. The van der Waals surface area contributed by atoms with E-state index in [0.717, 1.165) is 30.2 Å². The summed E-state index contributed by atoms with van der Waals surface area (Å²) in [4.78, 5) is 2.54. The fourth-order valence-electron chi connectivity index (χ4n) is 3.40. The van der Waals surface area contributed by atoms with E-state index in [2.05, 4.69) is 47.5 Å². The van der Waals surface area contributed by atoms with Gasteiger partial charge in [-0.2, -0.15) is 0 Å². The van der Waals surface area contributed by atoms with Crippen LogP contribution in [0, 0.1) is 0 Å². The molecule has 0 radical (unpaired) electrons. The van der Waals surface area contributed by atoms with Gasteiger partial charge in [-0.05, 0) is 56.1 Å². The van der Waals surface area contributed by atoms with Gasteiger partial charge in [-0.15, -0.1) is 0 Å². The molecule has 1 fully saturated rings. The van der Waals surface area contributed by atoms with Crippen molar-refractivity contribution in [3.05, 3.63) is 69.7 Å². The average molecular weight is 363 g/mol. The third kappa shape index (κ3) is 4.73. The quantitative estimate of drug-likeness (QED) is 0.775. The maximum Gasteiger partial charge on any atom is 0.0468 e. The number of hydrogen-bond acceptors (Lipinski definition) is 2. The van der Waals surface area contributed by atoms with Gasteiger partial charge >= 0.3 is 0 Å². The SMILES string of the molecule is CC(NC1CCN(Cc2ccccc2)CC1)c1ccc(Cl)cc1Cl. The lowest BCUT2D eigenvalue weighted by atomic mass is 10.0. The van der Waals surface area contributed by atoms with Gasteiger partial charge in [0.05, 0.1) is 0 Å². The van der Waals surface area contributed by atoms with Gasteiger partial charge in [0.15, 0.2) is 0 Å². The van der Waals surface area contributed by atoms with E-state index in [0.29, 0.717) is 11.1 Å². The number of hydrogen-bond donors (Lipinski definition) is 1. The highest BCUT2D eigenvalue weighted by Gasteiger charge is 2.21. The van der Waals surface area contributed by atoms with Crippen molar-refractivity contribution < 1.29 is 0 Å². The van der Waals surface area contributed by atoms with Crippen LogP contribution in [0.5, 0.6) is 0 Å². The molecule has 1 aliphatic rings. The molecule has 0 spiro atoms. The summed E-state index contributed by atoms with van der Waals surface area (Å²) in [6.07, 6.45) is 2.34. The van der Waals surface area contributed by atoms with Crippen molar-refractivity contribution in [2.45, 2.75) is 38.4 Å². The van der Waals surface area contributed by atoms with Gasteiger partial charge in [0, 0.05) is 28.7 Å². The standard InChI is InChI=1S/C20H24Cl2N2/c1-15(19-8-7-17(21)13-20(19)22)23-18-9-11-24(12-10-18)14-16-5-3-2-4-6-16/h2-8,13,15,18,23H,9-12,14H2,1H3. The molecule has 2 nitrogen and oxygen atoms in total. The van der Waals surface area contributed by atoms with Crippen LogP contribution >= 0.6 is 23.2 Å². The number of nitrogens with zero attached hydrogens (tertiary/aromatic N) is 1. The van der Waals surface area contributed by atoms with Crippen LogP contribution in [0.3, 0.4) is 0 Å². The van der Waals surface area contributed by atoms with E-state index in [1.807, 2.05) is 18.2 Å². The summed E-state index contributed by atoms with van der Waals surface area (Å²) < 4.78 is 0. The molecule has 2 aromatic rings. The summed E-state index contributed by atoms with van der Waals surface area (Å²) in [5, 5.41) is 5.15. The molecule has 2 aromatic carbocycles. The van der Waals surface area contributed by atoms with E-state index >= 15 is 0 Å². The predicted octanol–water partition coefficient (Wildman–Crippen LogP) is 5.31. The third-order valence-corrected chi connectivity index (χ3v) is 5.31. The first-order valence-electron chi connectivity index (χ1n) is 8.59. The summed E-state index contributed by atoms with van der Waals surface area (Å²) >= 11 is 12.3. The molecular weight excluding hydrogens is 339 g/mol. The summed E-state index contributed by atoms with van der Waals surface area (Å²) in [6, 6.07) is 17.2. The molecule has 0 aromatic heterocycles. The molecule has 1 aliphatic heterocycles. The normalized spacial score (nSPS) is 17.8. The van der Waals surface area contributed by atoms with Crippen LogP contribution in [0.1, 0.15) is 36.9 Å². The van der Waals surface area contributed by atoms with E-state index in [-0.39, 0.29) is 6.04 Å². The van der Waals surface area contributed by atoms with Gasteiger partial charge in [0.1, 0.15) is 0 Å². The lowest BCUT2D eigenvalue weighted by molar-refractivity contribution is 0.185. The molecular formula is C20H24Cl2N2. The highest BCUT2D eigenvalue weighted by Crippen LogP contribution is 2.27. The fourth-order valence-corrected chi connectivity index (χ4v) is 3.97. The topological polar surface area (TPSA) is 15.3 Å². The second-order valence-electron chi connectivity index (χ2n) is 6.59. The summed E-state index contributed by atoms with van der Waals surface area (Å²) in [7, 11) is 0. The van der Waals surface area contributed by atoms with Crippen molar-refractivity contribution in [1.29, 1.82) is 0 Å². The molecule has 1 atom stereocenters. The zero-order valence-corrected chi connectivity index (χ0v) is 15.5. The number of nitrogens with one attached hydrogen (secondary N) is 1. The Hall–Kier alpha value is -1.06. The second kappa shape index (κ2) is 8.35. The first-order valence-corrected chi connectivity index (χ1v) is 9.34. The van der Waals surface area contributed by atoms with Crippen LogP contribution in [0.15, 0.2) is 48.5 Å². The Morgan fingerprint density at radius 2 is 1.79 bits per heavy atom. The molecule has 1 unspecified atom stereocenters. The third-order valence-electron chi connectivity index (χ3n) is 4.75. The highest BCUT2D eigenvalue weighted by atomic mass is 35.5. The summed E-state index contributed by atoms with van der Waals surface area (Å²) in [5.41, 5.74) is 2.51. The van der Waals surface area contributed by atoms with Gasteiger partial charge < -0.3 is 5.32 Å². The molecule has 1 heterocycles. The maximum atomic E-state index is 6.32. The van der Waals surface area contributed by atoms with Crippen LogP contribution in [-0.4, -0.2) is 24.0 Å². The zero-order valence-electron chi connectivity index (χ0n) is 14.0. The second-order valence-corrected chi connectivity index (χ2v) is 7.43. The van der Waals surface area contributed by atoms with Crippen LogP contribution in [0.25, 0.3) is 0 Å². The molecule has 0 saturated carbocycles. The van der Waals surface area contributed by atoms with Crippen molar-refractivity contribution in [3.63, 3.8) is 0 Å². The van der Waals surface area contributed by atoms with E-state index < -0.39 is 0 Å². The average Bonchev–Trinajstić information content (AvgIpc) is 2.57. The van der Waals surface area contributed by atoms with Gasteiger partial charge in [-0.3, -0.25) is 4.90 Å². The zero-order chi connectivity index (χ0) is 16.9.